The quantitative estimate of drug-likeness (QED) is 0.868. The lowest BCUT2D eigenvalue weighted by Crippen LogP contribution is -2.30. The van der Waals surface area contributed by atoms with Gasteiger partial charge in [0.2, 0.25) is 0 Å². The number of nitrogens with one attached hydrogen (secondary N) is 1. The zero-order valence-corrected chi connectivity index (χ0v) is 12.2. The van der Waals surface area contributed by atoms with Gasteiger partial charge in [-0.1, -0.05) is 24.6 Å². The number of hydrogen-bond donors (Lipinski definition) is 2. The highest BCUT2D eigenvalue weighted by Crippen LogP contribution is 2.35. The van der Waals surface area contributed by atoms with Crippen molar-refractivity contribution in [3.63, 3.8) is 0 Å². The number of hydrogen-bond acceptors (Lipinski definition) is 2. The van der Waals surface area contributed by atoms with Gasteiger partial charge in [0.25, 0.3) is 0 Å². The van der Waals surface area contributed by atoms with Gasteiger partial charge in [0.15, 0.2) is 0 Å². The Morgan fingerprint density at radius 3 is 2.57 bits per heavy atom. The normalized spacial score (nSPS) is 24.2. The zero-order valence-electron chi connectivity index (χ0n) is 12.2. The monoisotopic (exact) mass is 301 g/mol. The molecule has 0 aliphatic heterocycles. The molecule has 21 heavy (non-hydrogen) atoms. The van der Waals surface area contributed by atoms with Crippen molar-refractivity contribution in [2.24, 2.45) is 11.8 Å². The molecule has 2 N–H and O–H groups in total. The fourth-order valence-electron chi connectivity index (χ4n) is 3.19. The average Bonchev–Trinajstić information content (AvgIpc) is 2.91. The molecule has 1 fully saturated rings. The number of aliphatic hydroxyl groups excluding tert-OH is 1. The van der Waals surface area contributed by atoms with E-state index in [4.69, 9.17) is 0 Å². The van der Waals surface area contributed by atoms with Crippen LogP contribution in [-0.2, 0) is 6.18 Å². The van der Waals surface area contributed by atoms with Crippen molar-refractivity contribution in [1.82, 2.24) is 5.32 Å². The first-order valence-electron chi connectivity index (χ1n) is 7.44. The van der Waals surface area contributed by atoms with Crippen molar-refractivity contribution in [2.45, 2.75) is 38.4 Å². The summed E-state index contributed by atoms with van der Waals surface area (Å²) in [5.41, 5.74) is -0.293. The zero-order chi connectivity index (χ0) is 15.5. The predicted molar refractivity (Wildman–Crippen MR) is 75.8 cm³/mol. The number of alkyl halides is 3. The Morgan fingerprint density at radius 2 is 1.90 bits per heavy atom. The lowest BCUT2D eigenvalue weighted by atomic mass is 9.95. The van der Waals surface area contributed by atoms with Crippen molar-refractivity contribution in [1.29, 1.82) is 0 Å². The van der Waals surface area contributed by atoms with Crippen molar-refractivity contribution >= 4 is 0 Å². The lowest BCUT2D eigenvalue weighted by molar-refractivity contribution is -0.138. The Balaban J connectivity index is 2.02. The van der Waals surface area contributed by atoms with E-state index in [1.54, 1.807) is 13.0 Å². The van der Waals surface area contributed by atoms with Crippen LogP contribution in [0.2, 0.25) is 0 Å². The van der Waals surface area contributed by atoms with E-state index in [1.807, 2.05) is 0 Å². The van der Waals surface area contributed by atoms with Gasteiger partial charge in [0.1, 0.15) is 0 Å². The minimum absolute atomic E-state index is 0.167. The molecule has 0 bridgehead atoms. The van der Waals surface area contributed by atoms with E-state index in [2.05, 4.69) is 5.32 Å². The van der Waals surface area contributed by atoms with Crippen LogP contribution in [0.15, 0.2) is 24.3 Å². The molecule has 0 saturated heterocycles. The second-order valence-corrected chi connectivity index (χ2v) is 5.85. The maximum Gasteiger partial charge on any atom is 0.416 e. The molecule has 3 atom stereocenters. The molecule has 118 valence electrons. The fourth-order valence-corrected chi connectivity index (χ4v) is 3.19. The summed E-state index contributed by atoms with van der Waals surface area (Å²) in [6.07, 6.45) is -1.19. The minimum Gasteiger partial charge on any atom is -0.396 e. The smallest absolute Gasteiger partial charge is 0.396 e. The first-order valence-corrected chi connectivity index (χ1v) is 7.44. The van der Waals surface area contributed by atoms with Gasteiger partial charge >= 0.3 is 6.18 Å². The first kappa shape index (κ1) is 16.3. The van der Waals surface area contributed by atoms with Gasteiger partial charge in [-0.2, -0.15) is 13.2 Å². The van der Waals surface area contributed by atoms with E-state index in [0.717, 1.165) is 25.3 Å². The maximum atomic E-state index is 13.0. The van der Waals surface area contributed by atoms with E-state index in [1.165, 1.54) is 12.1 Å². The van der Waals surface area contributed by atoms with Crippen LogP contribution in [0.25, 0.3) is 0 Å². The summed E-state index contributed by atoms with van der Waals surface area (Å²) in [5.74, 6) is 0.637. The Morgan fingerprint density at radius 1 is 1.24 bits per heavy atom. The molecular weight excluding hydrogens is 279 g/mol. The molecule has 0 amide bonds. The molecule has 2 nitrogen and oxygen atoms in total. The van der Waals surface area contributed by atoms with Crippen molar-refractivity contribution in [3.8, 4) is 0 Å². The molecule has 1 saturated carbocycles. The molecule has 0 heterocycles. The van der Waals surface area contributed by atoms with Crippen LogP contribution >= 0.6 is 0 Å². The summed E-state index contributed by atoms with van der Waals surface area (Å²) in [4.78, 5) is 0. The fraction of sp³-hybridized carbons (Fsp3) is 0.625. The Labute approximate surface area is 123 Å². The van der Waals surface area contributed by atoms with Gasteiger partial charge in [-0.05, 0) is 49.8 Å². The third-order valence-electron chi connectivity index (χ3n) is 4.47. The molecule has 5 heteroatoms. The van der Waals surface area contributed by atoms with Gasteiger partial charge in [-0.25, -0.2) is 0 Å². The van der Waals surface area contributed by atoms with E-state index in [0.29, 0.717) is 12.5 Å². The highest BCUT2D eigenvalue weighted by atomic mass is 19.4. The van der Waals surface area contributed by atoms with E-state index in [9.17, 15) is 18.3 Å². The topological polar surface area (TPSA) is 32.3 Å². The van der Waals surface area contributed by atoms with Gasteiger partial charge in [0, 0.05) is 12.6 Å². The summed E-state index contributed by atoms with van der Waals surface area (Å²) in [5, 5.41) is 12.5. The average molecular weight is 301 g/mol. The van der Waals surface area contributed by atoms with Gasteiger partial charge < -0.3 is 10.4 Å². The van der Waals surface area contributed by atoms with Gasteiger partial charge in [-0.15, -0.1) is 0 Å². The van der Waals surface area contributed by atoms with Crippen LogP contribution in [-0.4, -0.2) is 18.3 Å². The minimum atomic E-state index is -4.33. The maximum absolute atomic E-state index is 13.0. The molecule has 1 aromatic rings. The van der Waals surface area contributed by atoms with E-state index < -0.39 is 11.7 Å². The highest BCUT2D eigenvalue weighted by molar-refractivity contribution is 5.32. The van der Waals surface area contributed by atoms with Gasteiger partial charge in [0.05, 0.1) is 5.56 Å². The first-order chi connectivity index (χ1) is 9.93. The third-order valence-corrected chi connectivity index (χ3v) is 4.47. The Bertz CT molecular complexity index is 461. The number of aliphatic hydroxyl groups is 1. The molecule has 1 aromatic carbocycles. The van der Waals surface area contributed by atoms with Crippen LogP contribution in [0.5, 0.6) is 0 Å². The van der Waals surface area contributed by atoms with Crippen LogP contribution in [0.4, 0.5) is 13.2 Å². The van der Waals surface area contributed by atoms with E-state index in [-0.39, 0.29) is 24.1 Å². The lowest BCUT2D eigenvalue weighted by Gasteiger charge is -2.23. The Hall–Kier alpha value is -1.07. The second-order valence-electron chi connectivity index (χ2n) is 5.85. The standard InChI is InChI=1S/C16H22F3NO/c1-11(20-9-12-5-4-6-13(12)10-21)14-7-2-3-8-15(14)16(17,18)19/h2-3,7-8,11-13,20-21H,4-6,9-10H2,1H3. The molecule has 0 aromatic heterocycles. The van der Waals surface area contributed by atoms with Crippen LogP contribution in [0.3, 0.4) is 0 Å². The number of rotatable bonds is 5. The SMILES string of the molecule is CC(NCC1CCCC1CO)c1ccccc1C(F)(F)F. The predicted octanol–water partition coefficient (Wildman–Crippen LogP) is 3.76. The summed E-state index contributed by atoms with van der Waals surface area (Å²) < 4.78 is 39.0. The highest BCUT2D eigenvalue weighted by Gasteiger charge is 2.34. The van der Waals surface area contributed by atoms with Crippen molar-refractivity contribution in [2.75, 3.05) is 13.2 Å². The largest absolute Gasteiger partial charge is 0.416 e. The molecule has 0 spiro atoms. The van der Waals surface area contributed by atoms with E-state index >= 15 is 0 Å². The summed E-state index contributed by atoms with van der Waals surface area (Å²) >= 11 is 0. The van der Waals surface area contributed by atoms with Crippen LogP contribution in [0, 0.1) is 11.8 Å². The summed E-state index contributed by atoms with van der Waals surface area (Å²) in [6.45, 7) is 2.58. The van der Waals surface area contributed by atoms with Crippen molar-refractivity contribution < 1.29 is 18.3 Å². The molecular formula is C16H22F3NO. The number of halogens is 3. The molecule has 3 unspecified atom stereocenters. The summed E-state index contributed by atoms with van der Waals surface area (Å²) in [6, 6.07) is 5.34. The number of benzene rings is 1. The van der Waals surface area contributed by atoms with Crippen molar-refractivity contribution in [3.05, 3.63) is 35.4 Å². The second kappa shape index (κ2) is 6.79. The summed E-state index contributed by atoms with van der Waals surface area (Å²) in [7, 11) is 0. The van der Waals surface area contributed by atoms with Crippen LogP contribution < -0.4 is 5.32 Å². The van der Waals surface area contributed by atoms with Gasteiger partial charge in [-0.3, -0.25) is 0 Å². The third kappa shape index (κ3) is 3.98. The van der Waals surface area contributed by atoms with Crippen LogP contribution in [0.1, 0.15) is 43.4 Å². The Kier molecular flexibility index (Phi) is 5.27. The molecule has 1 aliphatic carbocycles. The molecule has 0 radical (unpaired) electrons. The molecule has 2 rings (SSSR count). The molecule has 1 aliphatic rings.